The summed E-state index contributed by atoms with van der Waals surface area (Å²) in [7, 11) is 0. The SMILES string of the molecule is CCOc1cc(C(=O)Nc2cccc(Cl)c2Cl)ccc1OCC(=O)N1CCCCC1. The van der Waals surface area contributed by atoms with Crippen molar-refractivity contribution in [3.63, 3.8) is 0 Å². The minimum Gasteiger partial charge on any atom is -0.490 e. The van der Waals surface area contributed by atoms with Crippen LogP contribution in [0.1, 0.15) is 36.5 Å². The summed E-state index contributed by atoms with van der Waals surface area (Å²) >= 11 is 12.1. The first-order chi connectivity index (χ1) is 14.5. The van der Waals surface area contributed by atoms with Crippen molar-refractivity contribution >= 4 is 40.7 Å². The highest BCUT2D eigenvalue weighted by atomic mass is 35.5. The van der Waals surface area contributed by atoms with Crippen LogP contribution in [0.2, 0.25) is 10.0 Å². The Morgan fingerprint density at radius 2 is 1.80 bits per heavy atom. The van der Waals surface area contributed by atoms with Gasteiger partial charge in [0.25, 0.3) is 11.8 Å². The zero-order valence-corrected chi connectivity index (χ0v) is 18.3. The maximum absolute atomic E-state index is 12.6. The molecular formula is C22H24Cl2N2O4. The predicted molar refractivity (Wildman–Crippen MR) is 118 cm³/mol. The normalized spacial score (nSPS) is 13.6. The fourth-order valence-electron chi connectivity index (χ4n) is 3.21. The first-order valence-electron chi connectivity index (χ1n) is 9.92. The van der Waals surface area contributed by atoms with E-state index in [1.807, 2.05) is 11.8 Å². The Morgan fingerprint density at radius 3 is 2.53 bits per heavy atom. The lowest BCUT2D eigenvalue weighted by Gasteiger charge is -2.26. The fraction of sp³-hybridized carbons (Fsp3) is 0.364. The van der Waals surface area contributed by atoms with Gasteiger partial charge in [-0.3, -0.25) is 9.59 Å². The van der Waals surface area contributed by atoms with E-state index in [1.54, 1.807) is 36.4 Å². The number of carbonyl (C=O) groups is 2. The lowest BCUT2D eigenvalue weighted by molar-refractivity contribution is -0.134. The number of hydrogen-bond acceptors (Lipinski definition) is 4. The Labute approximate surface area is 186 Å². The number of ether oxygens (including phenoxy) is 2. The second kappa shape index (κ2) is 10.5. The molecule has 1 aliphatic heterocycles. The average molecular weight is 451 g/mol. The van der Waals surface area contributed by atoms with Crippen LogP contribution in [0.25, 0.3) is 0 Å². The first-order valence-corrected chi connectivity index (χ1v) is 10.7. The second-order valence-corrected chi connectivity index (χ2v) is 7.67. The molecule has 3 rings (SSSR count). The van der Waals surface area contributed by atoms with Crippen LogP contribution in [-0.4, -0.2) is 43.0 Å². The molecule has 0 saturated carbocycles. The molecule has 0 radical (unpaired) electrons. The van der Waals surface area contributed by atoms with Crippen molar-refractivity contribution in [1.29, 1.82) is 0 Å². The minimum absolute atomic E-state index is 0.0467. The zero-order valence-electron chi connectivity index (χ0n) is 16.7. The molecule has 0 bridgehead atoms. The van der Waals surface area contributed by atoms with Gasteiger partial charge in [0.2, 0.25) is 0 Å². The van der Waals surface area contributed by atoms with Gasteiger partial charge in [-0.2, -0.15) is 0 Å². The van der Waals surface area contributed by atoms with E-state index >= 15 is 0 Å². The van der Waals surface area contributed by atoms with Crippen molar-refractivity contribution in [1.82, 2.24) is 4.90 Å². The third-order valence-electron chi connectivity index (χ3n) is 4.77. The average Bonchev–Trinajstić information content (AvgIpc) is 2.76. The van der Waals surface area contributed by atoms with Gasteiger partial charge in [-0.1, -0.05) is 29.3 Å². The van der Waals surface area contributed by atoms with Crippen molar-refractivity contribution in [2.24, 2.45) is 0 Å². The van der Waals surface area contributed by atoms with Crippen LogP contribution in [0.4, 0.5) is 5.69 Å². The molecule has 1 fully saturated rings. The maximum Gasteiger partial charge on any atom is 0.260 e. The van der Waals surface area contributed by atoms with Gasteiger partial charge >= 0.3 is 0 Å². The largest absolute Gasteiger partial charge is 0.490 e. The molecule has 160 valence electrons. The van der Waals surface area contributed by atoms with E-state index < -0.39 is 0 Å². The summed E-state index contributed by atoms with van der Waals surface area (Å²) < 4.78 is 11.3. The molecule has 2 amide bonds. The molecule has 2 aromatic rings. The number of piperidine rings is 1. The van der Waals surface area contributed by atoms with E-state index in [0.29, 0.717) is 34.4 Å². The fourth-order valence-corrected chi connectivity index (χ4v) is 3.55. The number of halogens is 2. The standard InChI is InChI=1S/C22H24Cl2N2O4/c1-2-29-19-13-15(22(28)25-17-8-6-7-16(23)21(17)24)9-10-18(19)30-14-20(27)26-11-4-3-5-12-26/h6-10,13H,2-5,11-12,14H2,1H3,(H,25,28). The summed E-state index contributed by atoms with van der Waals surface area (Å²) in [6.07, 6.45) is 3.20. The van der Waals surface area contributed by atoms with E-state index in [-0.39, 0.29) is 23.4 Å². The minimum atomic E-state index is -0.365. The Hall–Kier alpha value is -2.44. The number of nitrogens with zero attached hydrogens (tertiary/aromatic N) is 1. The van der Waals surface area contributed by atoms with E-state index in [0.717, 1.165) is 32.4 Å². The summed E-state index contributed by atoms with van der Waals surface area (Å²) in [5.74, 6) is 0.402. The van der Waals surface area contributed by atoms with Crippen molar-refractivity contribution in [2.75, 3.05) is 31.6 Å². The van der Waals surface area contributed by atoms with Crippen molar-refractivity contribution < 1.29 is 19.1 Å². The molecule has 0 atom stereocenters. The Kier molecular flexibility index (Phi) is 7.82. The highest BCUT2D eigenvalue weighted by Crippen LogP contribution is 2.32. The van der Waals surface area contributed by atoms with Crippen molar-refractivity contribution in [3.05, 3.63) is 52.0 Å². The smallest absolute Gasteiger partial charge is 0.260 e. The highest BCUT2D eigenvalue weighted by Gasteiger charge is 2.19. The molecule has 1 saturated heterocycles. The molecule has 30 heavy (non-hydrogen) atoms. The van der Waals surface area contributed by atoms with Crippen LogP contribution in [0.3, 0.4) is 0 Å². The number of carbonyl (C=O) groups excluding carboxylic acids is 2. The summed E-state index contributed by atoms with van der Waals surface area (Å²) in [5.41, 5.74) is 0.781. The molecule has 0 aromatic heterocycles. The molecule has 1 N–H and O–H groups in total. The summed E-state index contributed by atoms with van der Waals surface area (Å²) in [6, 6.07) is 9.83. The van der Waals surface area contributed by atoms with Crippen LogP contribution >= 0.6 is 23.2 Å². The monoisotopic (exact) mass is 450 g/mol. The zero-order chi connectivity index (χ0) is 21.5. The second-order valence-electron chi connectivity index (χ2n) is 6.88. The molecule has 1 aliphatic rings. The lowest BCUT2D eigenvalue weighted by atomic mass is 10.1. The van der Waals surface area contributed by atoms with Gasteiger partial charge in [0.1, 0.15) is 0 Å². The van der Waals surface area contributed by atoms with Gasteiger partial charge < -0.3 is 19.7 Å². The number of nitrogens with one attached hydrogen (secondary N) is 1. The molecule has 0 aliphatic carbocycles. The molecule has 8 heteroatoms. The molecule has 1 heterocycles. The summed E-state index contributed by atoms with van der Waals surface area (Å²) in [6.45, 7) is 3.70. The Balaban J connectivity index is 1.70. The van der Waals surface area contributed by atoms with Gasteiger partial charge in [-0.15, -0.1) is 0 Å². The number of likely N-dealkylation sites (tertiary alicyclic amines) is 1. The van der Waals surface area contributed by atoms with E-state index in [1.165, 1.54) is 0 Å². The van der Waals surface area contributed by atoms with Crippen LogP contribution in [0.15, 0.2) is 36.4 Å². The van der Waals surface area contributed by atoms with E-state index in [4.69, 9.17) is 32.7 Å². The quantitative estimate of drug-likeness (QED) is 0.641. The summed E-state index contributed by atoms with van der Waals surface area (Å²) in [4.78, 5) is 26.8. The van der Waals surface area contributed by atoms with Crippen LogP contribution in [0.5, 0.6) is 11.5 Å². The third-order valence-corrected chi connectivity index (χ3v) is 5.58. The van der Waals surface area contributed by atoms with Gasteiger partial charge in [0.15, 0.2) is 18.1 Å². The first kappa shape index (κ1) is 22.2. The third kappa shape index (κ3) is 5.58. The molecule has 2 aromatic carbocycles. The topological polar surface area (TPSA) is 67.9 Å². The van der Waals surface area contributed by atoms with Gasteiger partial charge in [0.05, 0.1) is 22.3 Å². The van der Waals surface area contributed by atoms with Gasteiger partial charge in [-0.25, -0.2) is 0 Å². The van der Waals surface area contributed by atoms with E-state index in [2.05, 4.69) is 5.32 Å². The lowest BCUT2D eigenvalue weighted by Crippen LogP contribution is -2.38. The Bertz CT molecular complexity index is 914. The van der Waals surface area contributed by atoms with E-state index in [9.17, 15) is 9.59 Å². The number of rotatable bonds is 7. The van der Waals surface area contributed by atoms with Crippen molar-refractivity contribution in [3.8, 4) is 11.5 Å². The maximum atomic E-state index is 12.6. The van der Waals surface area contributed by atoms with Crippen LogP contribution in [0, 0.1) is 0 Å². The van der Waals surface area contributed by atoms with Gasteiger partial charge in [0, 0.05) is 18.7 Å². The number of hydrogen-bond donors (Lipinski definition) is 1. The molecule has 0 spiro atoms. The number of amides is 2. The summed E-state index contributed by atoms with van der Waals surface area (Å²) in [5, 5.41) is 3.36. The van der Waals surface area contributed by atoms with Crippen LogP contribution < -0.4 is 14.8 Å². The van der Waals surface area contributed by atoms with Crippen molar-refractivity contribution in [2.45, 2.75) is 26.2 Å². The van der Waals surface area contributed by atoms with Crippen LogP contribution in [-0.2, 0) is 4.79 Å². The molecule has 6 nitrogen and oxygen atoms in total. The highest BCUT2D eigenvalue weighted by molar-refractivity contribution is 6.44. The number of anilines is 1. The molecular weight excluding hydrogens is 427 g/mol. The number of benzene rings is 2. The molecule has 0 unspecified atom stereocenters. The van der Waals surface area contributed by atoms with Gasteiger partial charge in [-0.05, 0) is 56.5 Å². The predicted octanol–water partition coefficient (Wildman–Crippen LogP) is 5.04. The Morgan fingerprint density at radius 1 is 1.03 bits per heavy atom.